The molecule has 92 valence electrons. The third-order valence-electron chi connectivity index (χ3n) is 4.06. The van der Waals surface area contributed by atoms with Crippen molar-refractivity contribution < 1.29 is 0 Å². The lowest BCUT2D eigenvalue weighted by atomic mass is 9.98. The monoisotopic (exact) mass is 230 g/mol. The van der Waals surface area contributed by atoms with Gasteiger partial charge in [-0.15, -0.1) is 0 Å². The predicted octanol–water partition coefficient (Wildman–Crippen LogP) is 2.71. The molecule has 2 aliphatic rings. The molecule has 1 saturated heterocycles. The summed E-state index contributed by atoms with van der Waals surface area (Å²) in [7, 11) is 0. The highest BCUT2D eigenvalue weighted by atomic mass is 15.1. The van der Waals surface area contributed by atoms with E-state index in [1.54, 1.807) is 5.56 Å². The van der Waals surface area contributed by atoms with E-state index in [1.165, 1.54) is 56.4 Å². The Hall–Kier alpha value is -1.02. The molecule has 0 atom stereocenters. The quantitative estimate of drug-likeness (QED) is 0.798. The van der Waals surface area contributed by atoms with Gasteiger partial charge in [0.2, 0.25) is 0 Å². The first-order chi connectivity index (χ1) is 8.45. The number of benzene rings is 1. The van der Waals surface area contributed by atoms with Gasteiger partial charge in [-0.05, 0) is 43.0 Å². The van der Waals surface area contributed by atoms with Crippen molar-refractivity contribution in [1.29, 1.82) is 0 Å². The molecule has 0 aromatic heterocycles. The zero-order chi connectivity index (χ0) is 11.5. The van der Waals surface area contributed by atoms with Gasteiger partial charge >= 0.3 is 0 Å². The summed E-state index contributed by atoms with van der Waals surface area (Å²) in [4.78, 5) is 2.62. The van der Waals surface area contributed by atoms with Gasteiger partial charge in [-0.3, -0.25) is 0 Å². The van der Waals surface area contributed by atoms with Crippen molar-refractivity contribution in [3.05, 3.63) is 29.3 Å². The second kappa shape index (κ2) is 5.09. The minimum atomic E-state index is 1.05. The number of fused-ring (bicyclic) bond motifs is 1. The van der Waals surface area contributed by atoms with Gasteiger partial charge in [0, 0.05) is 25.3 Å². The average Bonchev–Trinajstić information content (AvgIpc) is 2.67. The van der Waals surface area contributed by atoms with Crippen LogP contribution in [-0.2, 0) is 13.0 Å². The molecule has 2 aliphatic heterocycles. The van der Waals surface area contributed by atoms with Gasteiger partial charge in [0.05, 0.1) is 0 Å². The molecule has 0 unspecified atom stereocenters. The molecular formula is C15H22N2. The molecule has 0 aliphatic carbocycles. The second-order valence-corrected chi connectivity index (χ2v) is 5.24. The summed E-state index contributed by atoms with van der Waals surface area (Å²) in [5.74, 6) is 0. The maximum absolute atomic E-state index is 3.46. The molecule has 0 spiro atoms. The Kier molecular flexibility index (Phi) is 3.32. The van der Waals surface area contributed by atoms with E-state index in [0.29, 0.717) is 0 Å². The molecule has 0 radical (unpaired) electrons. The summed E-state index contributed by atoms with van der Waals surface area (Å²) in [5, 5.41) is 3.46. The number of nitrogens with zero attached hydrogens (tertiary/aromatic N) is 1. The van der Waals surface area contributed by atoms with Crippen LogP contribution in [-0.4, -0.2) is 19.6 Å². The van der Waals surface area contributed by atoms with Crippen LogP contribution in [0, 0.1) is 0 Å². The van der Waals surface area contributed by atoms with E-state index in [9.17, 15) is 0 Å². The number of anilines is 1. The van der Waals surface area contributed by atoms with Gasteiger partial charge in [0.1, 0.15) is 0 Å². The van der Waals surface area contributed by atoms with Crippen molar-refractivity contribution in [2.45, 2.75) is 38.6 Å². The highest BCUT2D eigenvalue weighted by molar-refractivity contribution is 5.57. The molecule has 1 aromatic rings. The first kappa shape index (κ1) is 11.1. The first-order valence-electron chi connectivity index (χ1n) is 7.01. The van der Waals surface area contributed by atoms with E-state index in [-0.39, 0.29) is 0 Å². The van der Waals surface area contributed by atoms with Crippen LogP contribution in [0.5, 0.6) is 0 Å². The maximum atomic E-state index is 3.46. The van der Waals surface area contributed by atoms with E-state index in [2.05, 4.69) is 28.4 Å². The molecule has 3 rings (SSSR count). The number of hydrogen-bond acceptors (Lipinski definition) is 2. The largest absolute Gasteiger partial charge is 0.371 e. The lowest BCUT2D eigenvalue weighted by Crippen LogP contribution is -2.29. The van der Waals surface area contributed by atoms with Crippen molar-refractivity contribution in [3.63, 3.8) is 0 Å². The van der Waals surface area contributed by atoms with Crippen LogP contribution in [0.4, 0.5) is 5.69 Å². The Morgan fingerprint density at radius 1 is 1.00 bits per heavy atom. The molecular weight excluding hydrogens is 208 g/mol. The van der Waals surface area contributed by atoms with Crippen molar-refractivity contribution in [2.75, 3.05) is 24.5 Å². The molecule has 2 nitrogen and oxygen atoms in total. The van der Waals surface area contributed by atoms with Gasteiger partial charge < -0.3 is 10.2 Å². The van der Waals surface area contributed by atoms with Crippen LogP contribution in [0.15, 0.2) is 18.2 Å². The Balaban J connectivity index is 1.90. The van der Waals surface area contributed by atoms with Crippen LogP contribution < -0.4 is 10.2 Å². The topological polar surface area (TPSA) is 15.3 Å². The van der Waals surface area contributed by atoms with Gasteiger partial charge in [0.25, 0.3) is 0 Å². The van der Waals surface area contributed by atoms with E-state index < -0.39 is 0 Å². The lowest BCUT2D eigenvalue weighted by Gasteiger charge is -2.29. The average molecular weight is 230 g/mol. The zero-order valence-electron chi connectivity index (χ0n) is 10.5. The van der Waals surface area contributed by atoms with E-state index in [4.69, 9.17) is 0 Å². The van der Waals surface area contributed by atoms with Crippen LogP contribution in [0.25, 0.3) is 0 Å². The SMILES string of the molecule is c1cc2c(c(N3CCCCCC3)c1)CCNC2. The van der Waals surface area contributed by atoms with Crippen LogP contribution >= 0.6 is 0 Å². The molecule has 17 heavy (non-hydrogen) atoms. The zero-order valence-corrected chi connectivity index (χ0v) is 10.5. The molecule has 0 bridgehead atoms. The van der Waals surface area contributed by atoms with E-state index in [1.807, 2.05) is 0 Å². The summed E-state index contributed by atoms with van der Waals surface area (Å²) >= 11 is 0. The van der Waals surface area contributed by atoms with Crippen molar-refractivity contribution in [2.24, 2.45) is 0 Å². The van der Waals surface area contributed by atoms with Crippen LogP contribution in [0.3, 0.4) is 0 Å². The normalized spacial score (nSPS) is 20.8. The Labute approximate surface area is 104 Å². The minimum Gasteiger partial charge on any atom is -0.371 e. The standard InChI is InChI=1S/C15H22N2/c1-2-4-11-17(10-3-1)15-7-5-6-13-12-16-9-8-14(13)15/h5-7,16H,1-4,8-12H2. The smallest absolute Gasteiger partial charge is 0.0402 e. The fraction of sp³-hybridized carbons (Fsp3) is 0.600. The van der Waals surface area contributed by atoms with Crippen LogP contribution in [0.1, 0.15) is 36.8 Å². The number of hydrogen-bond donors (Lipinski definition) is 1. The Morgan fingerprint density at radius 2 is 1.82 bits per heavy atom. The highest BCUT2D eigenvalue weighted by Crippen LogP contribution is 2.28. The Morgan fingerprint density at radius 3 is 2.65 bits per heavy atom. The lowest BCUT2D eigenvalue weighted by molar-refractivity contribution is 0.640. The number of nitrogens with one attached hydrogen (secondary N) is 1. The second-order valence-electron chi connectivity index (χ2n) is 5.24. The molecule has 1 aromatic carbocycles. The predicted molar refractivity (Wildman–Crippen MR) is 72.5 cm³/mol. The summed E-state index contributed by atoms with van der Waals surface area (Å²) in [6.45, 7) is 4.70. The summed E-state index contributed by atoms with van der Waals surface area (Å²) in [6, 6.07) is 6.84. The van der Waals surface area contributed by atoms with Gasteiger partial charge in [-0.25, -0.2) is 0 Å². The molecule has 0 amide bonds. The first-order valence-corrected chi connectivity index (χ1v) is 7.01. The fourth-order valence-corrected chi connectivity index (χ4v) is 3.12. The molecule has 0 saturated carbocycles. The van der Waals surface area contributed by atoms with Gasteiger partial charge in [0.15, 0.2) is 0 Å². The molecule has 2 heteroatoms. The summed E-state index contributed by atoms with van der Waals surface area (Å²) < 4.78 is 0. The Bertz CT molecular complexity index is 379. The molecule has 1 N–H and O–H groups in total. The third kappa shape index (κ3) is 2.32. The van der Waals surface area contributed by atoms with Crippen molar-refractivity contribution >= 4 is 5.69 Å². The summed E-state index contributed by atoms with van der Waals surface area (Å²) in [5.41, 5.74) is 4.64. The third-order valence-corrected chi connectivity index (χ3v) is 4.06. The maximum Gasteiger partial charge on any atom is 0.0402 e. The highest BCUT2D eigenvalue weighted by Gasteiger charge is 2.17. The van der Waals surface area contributed by atoms with E-state index in [0.717, 1.165) is 13.1 Å². The molecule has 2 heterocycles. The number of rotatable bonds is 1. The van der Waals surface area contributed by atoms with E-state index >= 15 is 0 Å². The van der Waals surface area contributed by atoms with Gasteiger partial charge in [-0.2, -0.15) is 0 Å². The fourth-order valence-electron chi connectivity index (χ4n) is 3.12. The van der Waals surface area contributed by atoms with Crippen molar-refractivity contribution in [1.82, 2.24) is 5.32 Å². The van der Waals surface area contributed by atoms with Crippen molar-refractivity contribution in [3.8, 4) is 0 Å². The van der Waals surface area contributed by atoms with Crippen LogP contribution in [0.2, 0.25) is 0 Å². The minimum absolute atomic E-state index is 1.05. The van der Waals surface area contributed by atoms with Gasteiger partial charge in [-0.1, -0.05) is 25.0 Å². The summed E-state index contributed by atoms with van der Waals surface area (Å²) in [6.07, 6.45) is 6.74. The molecule has 1 fully saturated rings.